The molecular weight excluding hydrogens is 418 g/mol. The lowest BCUT2D eigenvalue weighted by molar-refractivity contribution is -0.384. The van der Waals surface area contributed by atoms with Crippen molar-refractivity contribution >= 4 is 42.2 Å². The zero-order chi connectivity index (χ0) is 20.2. The Balaban J connectivity index is 2.28. The first-order chi connectivity index (χ1) is 12.6. The molecule has 0 aliphatic carbocycles. The lowest BCUT2D eigenvalue weighted by Gasteiger charge is -2.20. The molecule has 146 valence electrons. The van der Waals surface area contributed by atoms with Crippen LogP contribution in [0.15, 0.2) is 36.4 Å². The van der Waals surface area contributed by atoms with Crippen LogP contribution in [0.3, 0.4) is 0 Å². The Bertz CT molecular complexity index is 895. The minimum atomic E-state index is -3.28. The molecule has 0 aliphatic rings. The molecule has 2 rings (SSSR count). The number of anilines is 1. The number of nitrogens with one attached hydrogen (secondary N) is 1. The van der Waals surface area contributed by atoms with Gasteiger partial charge in [-0.2, -0.15) is 0 Å². The van der Waals surface area contributed by atoms with Crippen LogP contribution < -0.4 is 10.1 Å². The topological polar surface area (TPSA) is 99.9 Å². The van der Waals surface area contributed by atoms with Crippen molar-refractivity contribution in [3.63, 3.8) is 0 Å². The lowest BCUT2D eigenvalue weighted by Crippen LogP contribution is -2.18. The van der Waals surface area contributed by atoms with Gasteiger partial charge in [0.2, 0.25) is 0 Å². The van der Waals surface area contributed by atoms with Crippen LogP contribution in [0.25, 0.3) is 0 Å². The Morgan fingerprint density at radius 3 is 2.52 bits per heavy atom. The van der Waals surface area contributed by atoms with Crippen LogP contribution >= 0.6 is 30.8 Å². The van der Waals surface area contributed by atoms with Gasteiger partial charge in [0.25, 0.3) is 5.69 Å². The standard InChI is InChI=1S/C16H17Cl2N2O6P/c1-10(26-27(3,23)24-2)19-14-9-12(5-6-15(14)20(21)22)25-16-7-4-11(17)8-13(16)18/h4-10,19H,1-3H3. The molecule has 0 bridgehead atoms. The molecule has 2 unspecified atom stereocenters. The molecule has 27 heavy (non-hydrogen) atoms. The molecule has 0 radical (unpaired) electrons. The lowest BCUT2D eigenvalue weighted by atomic mass is 10.2. The second kappa shape index (κ2) is 8.91. The van der Waals surface area contributed by atoms with Gasteiger partial charge < -0.3 is 14.6 Å². The van der Waals surface area contributed by atoms with Crippen molar-refractivity contribution in [2.45, 2.75) is 13.2 Å². The van der Waals surface area contributed by atoms with E-state index in [4.69, 9.17) is 37.0 Å². The fraction of sp³-hybridized carbons (Fsp3) is 0.250. The molecule has 0 spiro atoms. The highest BCUT2D eigenvalue weighted by atomic mass is 35.5. The molecule has 0 saturated heterocycles. The van der Waals surface area contributed by atoms with Crippen molar-refractivity contribution in [2.75, 3.05) is 19.1 Å². The van der Waals surface area contributed by atoms with Gasteiger partial charge in [0.15, 0.2) is 0 Å². The average Bonchev–Trinajstić information content (AvgIpc) is 2.57. The maximum Gasteiger partial charge on any atom is 0.329 e. The number of benzene rings is 2. The highest BCUT2D eigenvalue weighted by molar-refractivity contribution is 7.52. The van der Waals surface area contributed by atoms with Gasteiger partial charge in [0, 0.05) is 30.9 Å². The van der Waals surface area contributed by atoms with E-state index >= 15 is 0 Å². The number of nitrogens with zero attached hydrogens (tertiary/aromatic N) is 1. The third kappa shape index (κ3) is 6.09. The van der Waals surface area contributed by atoms with Crippen LogP contribution in [0.5, 0.6) is 11.5 Å². The highest BCUT2D eigenvalue weighted by Crippen LogP contribution is 2.44. The molecule has 2 aromatic carbocycles. The van der Waals surface area contributed by atoms with E-state index in [2.05, 4.69) is 5.32 Å². The Morgan fingerprint density at radius 1 is 1.22 bits per heavy atom. The van der Waals surface area contributed by atoms with Crippen molar-refractivity contribution in [1.82, 2.24) is 0 Å². The largest absolute Gasteiger partial charge is 0.456 e. The van der Waals surface area contributed by atoms with E-state index in [1.165, 1.54) is 38.0 Å². The highest BCUT2D eigenvalue weighted by Gasteiger charge is 2.22. The van der Waals surface area contributed by atoms with E-state index in [1.807, 2.05) is 0 Å². The van der Waals surface area contributed by atoms with Crippen molar-refractivity contribution in [1.29, 1.82) is 0 Å². The number of rotatable bonds is 8. The van der Waals surface area contributed by atoms with Gasteiger partial charge in [-0.1, -0.05) is 23.2 Å². The molecule has 2 aromatic rings. The van der Waals surface area contributed by atoms with Gasteiger partial charge in [-0.25, -0.2) is 0 Å². The molecular formula is C16H17Cl2N2O6P. The van der Waals surface area contributed by atoms with E-state index in [1.54, 1.807) is 19.1 Å². The smallest absolute Gasteiger partial charge is 0.329 e. The summed E-state index contributed by atoms with van der Waals surface area (Å²) in [4.78, 5) is 10.7. The Labute approximate surface area is 166 Å². The van der Waals surface area contributed by atoms with Gasteiger partial charge in [0.1, 0.15) is 23.4 Å². The first kappa shape index (κ1) is 21.5. The van der Waals surface area contributed by atoms with Crippen LogP contribution in [0.1, 0.15) is 6.92 Å². The molecule has 1 N–H and O–H groups in total. The monoisotopic (exact) mass is 434 g/mol. The Hall–Kier alpha value is -1.83. The molecule has 0 aliphatic heterocycles. The predicted molar refractivity (Wildman–Crippen MR) is 104 cm³/mol. The molecule has 0 amide bonds. The third-order valence-electron chi connectivity index (χ3n) is 3.33. The Kier molecular flexibility index (Phi) is 7.08. The fourth-order valence-corrected chi connectivity index (χ4v) is 3.27. The molecule has 0 saturated carbocycles. The first-order valence-electron chi connectivity index (χ1n) is 7.61. The summed E-state index contributed by atoms with van der Waals surface area (Å²) in [6, 6.07) is 8.82. The maximum absolute atomic E-state index is 11.9. The van der Waals surface area contributed by atoms with Crippen molar-refractivity contribution in [2.24, 2.45) is 0 Å². The summed E-state index contributed by atoms with van der Waals surface area (Å²) in [5.74, 6) is 0.633. The summed E-state index contributed by atoms with van der Waals surface area (Å²) in [6.45, 7) is 2.84. The van der Waals surface area contributed by atoms with Crippen LogP contribution in [0.2, 0.25) is 10.0 Å². The van der Waals surface area contributed by atoms with E-state index in [-0.39, 0.29) is 11.4 Å². The van der Waals surface area contributed by atoms with Gasteiger partial charge >= 0.3 is 7.60 Å². The summed E-state index contributed by atoms with van der Waals surface area (Å²) in [5, 5.41) is 14.8. The van der Waals surface area contributed by atoms with Crippen LogP contribution in [0, 0.1) is 10.1 Å². The van der Waals surface area contributed by atoms with Gasteiger partial charge in [-0.15, -0.1) is 0 Å². The van der Waals surface area contributed by atoms with Crippen LogP contribution in [-0.2, 0) is 13.6 Å². The number of hydrogen-bond acceptors (Lipinski definition) is 7. The van der Waals surface area contributed by atoms with E-state index in [9.17, 15) is 14.7 Å². The molecule has 11 heteroatoms. The number of nitro benzene ring substituents is 1. The quantitative estimate of drug-likeness (QED) is 0.237. The summed E-state index contributed by atoms with van der Waals surface area (Å²) in [7, 11) is -2.03. The second-order valence-corrected chi connectivity index (χ2v) is 8.42. The van der Waals surface area contributed by atoms with Gasteiger partial charge in [-0.3, -0.25) is 19.2 Å². The minimum Gasteiger partial charge on any atom is -0.456 e. The molecule has 8 nitrogen and oxygen atoms in total. The second-order valence-electron chi connectivity index (χ2n) is 5.46. The zero-order valence-electron chi connectivity index (χ0n) is 14.6. The summed E-state index contributed by atoms with van der Waals surface area (Å²) in [5.41, 5.74) is -0.0884. The van der Waals surface area contributed by atoms with E-state index in [0.29, 0.717) is 21.5 Å². The van der Waals surface area contributed by atoms with Crippen LogP contribution in [0.4, 0.5) is 11.4 Å². The first-order valence-corrected chi connectivity index (χ1v) is 10.4. The number of nitro groups is 1. The Morgan fingerprint density at radius 2 is 1.93 bits per heavy atom. The van der Waals surface area contributed by atoms with Crippen molar-refractivity contribution in [3.8, 4) is 11.5 Å². The van der Waals surface area contributed by atoms with Crippen LogP contribution in [-0.4, -0.2) is 24.9 Å². The zero-order valence-corrected chi connectivity index (χ0v) is 17.0. The van der Waals surface area contributed by atoms with E-state index in [0.717, 1.165) is 0 Å². The summed E-state index contributed by atoms with van der Waals surface area (Å²) < 4.78 is 27.6. The van der Waals surface area contributed by atoms with Crippen molar-refractivity contribution in [3.05, 3.63) is 56.6 Å². The maximum atomic E-state index is 11.9. The molecule has 0 heterocycles. The number of ether oxygens (including phenoxy) is 1. The minimum absolute atomic E-state index is 0.117. The molecule has 0 fully saturated rings. The van der Waals surface area contributed by atoms with E-state index < -0.39 is 18.7 Å². The predicted octanol–water partition coefficient (Wildman–Crippen LogP) is 5.94. The normalized spacial score (nSPS) is 14.3. The number of hydrogen-bond donors (Lipinski definition) is 1. The third-order valence-corrected chi connectivity index (χ3v) is 5.22. The summed E-state index contributed by atoms with van der Waals surface area (Å²) in [6.07, 6.45) is -0.825. The molecule has 2 atom stereocenters. The summed E-state index contributed by atoms with van der Waals surface area (Å²) >= 11 is 11.9. The van der Waals surface area contributed by atoms with Gasteiger partial charge in [-0.05, 0) is 31.2 Å². The van der Waals surface area contributed by atoms with Crippen molar-refractivity contribution < 1.29 is 23.3 Å². The number of halogens is 2. The SMILES string of the molecule is COP(C)(=O)OC(C)Nc1cc(Oc2ccc(Cl)cc2Cl)ccc1[N+](=O)[O-]. The fourth-order valence-electron chi connectivity index (χ4n) is 2.11. The average molecular weight is 435 g/mol. The molecule has 0 aromatic heterocycles. The van der Waals surface area contributed by atoms with Gasteiger partial charge in [0.05, 0.1) is 9.95 Å².